The molecule has 5 rings (SSSR count). The number of hydrogen-bond acceptors (Lipinski definition) is 4. The van der Waals surface area contributed by atoms with Crippen LogP contribution in [0.1, 0.15) is 93.4 Å². The SMILES string of the molecule is C[C@H]1[C@H](C)CC[C@]2(C(=O)O)CC[C@]3(C)C(=CC(=O)[C@@H]4[C@@]5(C)CC(O)C(O)C(C)(C)C5CC[C@]43C)[C@H]12. The molecule has 4 fully saturated rings. The number of hydrogen-bond donors (Lipinski definition) is 3. The van der Waals surface area contributed by atoms with Crippen LogP contribution in [0, 0.1) is 56.7 Å². The van der Waals surface area contributed by atoms with Gasteiger partial charge in [-0.25, -0.2) is 0 Å². The second-order valence-electron chi connectivity index (χ2n) is 14.6. The van der Waals surface area contributed by atoms with Crippen LogP contribution in [0.4, 0.5) is 0 Å². The summed E-state index contributed by atoms with van der Waals surface area (Å²) in [5.74, 6) is -0.118. The minimum atomic E-state index is -0.843. The molecular formula is C30H46O5. The molecule has 0 aromatic rings. The molecule has 0 aromatic heterocycles. The normalized spacial score (nSPS) is 55.1. The van der Waals surface area contributed by atoms with Crippen LogP contribution in [0.3, 0.4) is 0 Å². The van der Waals surface area contributed by atoms with Crippen LogP contribution in [0.25, 0.3) is 0 Å². The summed E-state index contributed by atoms with van der Waals surface area (Å²) >= 11 is 0. The fourth-order valence-corrected chi connectivity index (χ4v) is 10.8. The minimum absolute atomic E-state index is 0.107. The lowest BCUT2D eigenvalue weighted by molar-refractivity contribution is -0.228. The monoisotopic (exact) mass is 486 g/mol. The zero-order chi connectivity index (χ0) is 25.9. The number of aliphatic hydroxyl groups excluding tert-OH is 2. The van der Waals surface area contributed by atoms with Gasteiger partial charge in [-0.15, -0.1) is 0 Å². The van der Waals surface area contributed by atoms with E-state index in [1.54, 1.807) is 0 Å². The second-order valence-corrected chi connectivity index (χ2v) is 14.6. The van der Waals surface area contributed by atoms with E-state index in [9.17, 15) is 24.9 Å². The molecule has 0 bridgehead atoms. The summed E-state index contributed by atoms with van der Waals surface area (Å²) in [7, 11) is 0. The van der Waals surface area contributed by atoms with Gasteiger partial charge in [0.15, 0.2) is 5.78 Å². The number of ketones is 1. The van der Waals surface area contributed by atoms with E-state index in [1.165, 1.54) is 0 Å². The van der Waals surface area contributed by atoms with Crippen molar-refractivity contribution < 1.29 is 24.9 Å². The van der Waals surface area contributed by atoms with Gasteiger partial charge in [-0.3, -0.25) is 9.59 Å². The Morgan fingerprint density at radius 3 is 2.26 bits per heavy atom. The lowest BCUT2D eigenvalue weighted by Gasteiger charge is -2.70. The number of aliphatic carboxylic acids is 1. The first-order chi connectivity index (χ1) is 16.1. The van der Waals surface area contributed by atoms with Crippen molar-refractivity contribution in [1.29, 1.82) is 0 Å². The van der Waals surface area contributed by atoms with Crippen molar-refractivity contribution in [3.05, 3.63) is 11.6 Å². The molecule has 0 aromatic carbocycles. The number of rotatable bonds is 1. The number of allylic oxidation sites excluding steroid dienone is 2. The van der Waals surface area contributed by atoms with E-state index < -0.39 is 34.4 Å². The maximum atomic E-state index is 14.3. The Balaban J connectivity index is 1.67. The summed E-state index contributed by atoms with van der Waals surface area (Å²) in [6.07, 6.45) is 5.57. The lowest BCUT2D eigenvalue weighted by atomic mass is 9.33. The van der Waals surface area contributed by atoms with Crippen LogP contribution >= 0.6 is 0 Å². The molecule has 3 unspecified atom stereocenters. The molecule has 5 aliphatic rings. The maximum Gasteiger partial charge on any atom is 0.310 e. The fourth-order valence-electron chi connectivity index (χ4n) is 10.8. The van der Waals surface area contributed by atoms with Gasteiger partial charge in [-0.1, -0.05) is 54.0 Å². The van der Waals surface area contributed by atoms with Crippen molar-refractivity contribution in [3.8, 4) is 0 Å². The third-order valence-corrected chi connectivity index (χ3v) is 13.1. The fraction of sp³-hybridized carbons (Fsp3) is 0.867. The Kier molecular flexibility index (Phi) is 5.40. The van der Waals surface area contributed by atoms with Crippen molar-refractivity contribution in [2.24, 2.45) is 56.7 Å². The van der Waals surface area contributed by atoms with E-state index in [2.05, 4.69) is 48.5 Å². The van der Waals surface area contributed by atoms with Gasteiger partial charge in [0.2, 0.25) is 0 Å². The van der Waals surface area contributed by atoms with Crippen molar-refractivity contribution in [1.82, 2.24) is 0 Å². The highest BCUT2D eigenvalue weighted by atomic mass is 16.4. The number of aliphatic hydroxyl groups is 2. The quantitative estimate of drug-likeness (QED) is 0.471. The molecule has 0 radical (unpaired) electrons. The summed E-state index contributed by atoms with van der Waals surface area (Å²) in [4.78, 5) is 27.1. The van der Waals surface area contributed by atoms with Crippen LogP contribution in [0.5, 0.6) is 0 Å². The molecule has 0 amide bonds. The number of carboxylic acid groups (broad SMARTS) is 1. The third-order valence-electron chi connectivity index (χ3n) is 13.1. The molecule has 0 saturated heterocycles. The highest BCUT2D eigenvalue weighted by Crippen LogP contribution is 2.75. The number of carbonyl (C=O) groups is 2. The maximum absolute atomic E-state index is 14.3. The average molecular weight is 487 g/mol. The Morgan fingerprint density at radius 1 is 0.971 bits per heavy atom. The number of carbonyl (C=O) groups excluding carboxylic acids is 1. The van der Waals surface area contributed by atoms with Crippen molar-refractivity contribution in [2.75, 3.05) is 0 Å². The standard InChI is InChI=1S/C30H46O5/c1-16-8-11-30(25(34)35)13-12-28(6)18(22(30)17(16)2)14-19(31)23-27(5)15-20(32)24(33)26(3,4)21(27)9-10-29(23,28)7/h14,16-17,20-24,32-33H,8-13,15H2,1-7H3,(H,34,35)/t16-,17+,20?,21?,22+,23-,24?,27+,28-,29-,30+/m1/s1. The van der Waals surface area contributed by atoms with Crippen LogP contribution in [-0.2, 0) is 9.59 Å². The minimum Gasteiger partial charge on any atom is -0.481 e. The first-order valence-electron chi connectivity index (χ1n) is 13.9. The molecule has 5 aliphatic carbocycles. The summed E-state index contributed by atoms with van der Waals surface area (Å²) in [5.41, 5.74) is -1.11. The van der Waals surface area contributed by atoms with Crippen molar-refractivity contribution in [3.63, 3.8) is 0 Å². The predicted molar refractivity (Wildman–Crippen MR) is 134 cm³/mol. The van der Waals surface area contributed by atoms with E-state index in [-0.39, 0.29) is 40.3 Å². The first-order valence-corrected chi connectivity index (χ1v) is 13.9. The van der Waals surface area contributed by atoms with E-state index in [1.807, 2.05) is 6.08 Å². The van der Waals surface area contributed by atoms with Crippen molar-refractivity contribution in [2.45, 2.75) is 106 Å². The zero-order valence-electron chi connectivity index (χ0n) is 22.7. The van der Waals surface area contributed by atoms with Crippen LogP contribution < -0.4 is 0 Å². The Hall–Kier alpha value is -1.20. The highest BCUT2D eigenvalue weighted by molar-refractivity contribution is 5.96. The van der Waals surface area contributed by atoms with Gasteiger partial charge in [0, 0.05) is 5.92 Å². The van der Waals surface area contributed by atoms with E-state index >= 15 is 0 Å². The molecule has 0 spiro atoms. The van der Waals surface area contributed by atoms with Gasteiger partial charge in [0.25, 0.3) is 0 Å². The smallest absolute Gasteiger partial charge is 0.310 e. The second kappa shape index (κ2) is 7.43. The average Bonchev–Trinajstić information content (AvgIpc) is 2.75. The van der Waals surface area contributed by atoms with Gasteiger partial charge >= 0.3 is 5.97 Å². The van der Waals surface area contributed by atoms with Gasteiger partial charge < -0.3 is 15.3 Å². The molecule has 35 heavy (non-hydrogen) atoms. The largest absolute Gasteiger partial charge is 0.481 e. The van der Waals surface area contributed by atoms with Crippen LogP contribution in [-0.4, -0.2) is 39.3 Å². The number of fused-ring (bicyclic) bond motifs is 7. The van der Waals surface area contributed by atoms with Gasteiger partial charge in [-0.2, -0.15) is 0 Å². The summed E-state index contributed by atoms with van der Waals surface area (Å²) in [6.45, 7) is 15.3. The molecule has 196 valence electrons. The van der Waals surface area contributed by atoms with Crippen molar-refractivity contribution >= 4 is 11.8 Å². The van der Waals surface area contributed by atoms with Gasteiger partial charge in [0.05, 0.1) is 17.6 Å². The lowest BCUT2D eigenvalue weighted by Crippen LogP contribution is -2.69. The predicted octanol–water partition coefficient (Wildman–Crippen LogP) is 5.24. The zero-order valence-corrected chi connectivity index (χ0v) is 22.7. The summed E-state index contributed by atoms with van der Waals surface area (Å²) < 4.78 is 0. The Labute approximate surface area is 210 Å². The number of carboxylic acids is 1. The molecular weight excluding hydrogens is 440 g/mol. The molecule has 0 aliphatic heterocycles. The Bertz CT molecular complexity index is 983. The van der Waals surface area contributed by atoms with E-state index in [0.29, 0.717) is 25.2 Å². The molecule has 0 heterocycles. The van der Waals surface area contributed by atoms with Gasteiger partial charge in [0.1, 0.15) is 0 Å². The molecule has 4 saturated carbocycles. The third kappa shape index (κ3) is 2.89. The van der Waals surface area contributed by atoms with E-state index in [0.717, 1.165) is 31.3 Å². The summed E-state index contributed by atoms with van der Waals surface area (Å²) in [5, 5.41) is 32.3. The summed E-state index contributed by atoms with van der Waals surface area (Å²) in [6, 6.07) is 0. The first kappa shape index (κ1) is 25.4. The Morgan fingerprint density at radius 2 is 1.63 bits per heavy atom. The molecule has 5 heteroatoms. The highest BCUT2D eigenvalue weighted by Gasteiger charge is 2.72. The molecule has 5 nitrogen and oxygen atoms in total. The van der Waals surface area contributed by atoms with Gasteiger partial charge in [-0.05, 0) is 96.4 Å². The molecule has 11 atom stereocenters. The van der Waals surface area contributed by atoms with Crippen LogP contribution in [0.2, 0.25) is 0 Å². The van der Waals surface area contributed by atoms with Crippen LogP contribution in [0.15, 0.2) is 11.6 Å². The van der Waals surface area contributed by atoms with E-state index in [4.69, 9.17) is 0 Å². The topological polar surface area (TPSA) is 94.8 Å². The molecule has 3 N–H and O–H groups in total.